The van der Waals surface area contributed by atoms with Gasteiger partial charge in [0.05, 0.1) is 6.33 Å². The summed E-state index contributed by atoms with van der Waals surface area (Å²) in [6.07, 6.45) is 4.64. The summed E-state index contributed by atoms with van der Waals surface area (Å²) in [6, 6.07) is -0.340. The average Bonchev–Trinajstić information content (AvgIpc) is 2.74. The second-order valence-corrected chi connectivity index (χ2v) is 4.05. The number of nitrogens with two attached hydrogens (primary N) is 1. The summed E-state index contributed by atoms with van der Waals surface area (Å²) in [5, 5.41) is 9.37. The molecule has 0 amide bonds. The largest absolute Gasteiger partial charge is 0.479 e. The third-order valence-electron chi connectivity index (χ3n) is 2.90. The molecule has 3 rings (SSSR count). The number of rotatable bonds is 1. The smallest absolute Gasteiger partial charge is 0.317 e. The van der Waals surface area contributed by atoms with Gasteiger partial charge in [0.15, 0.2) is 17.0 Å². The highest BCUT2D eigenvalue weighted by molar-refractivity contribution is 5.81. The maximum Gasteiger partial charge on any atom is 0.317 e. The molecule has 0 spiro atoms. The fraction of sp³-hybridized carbons (Fsp3) is 0.500. The number of anilines is 1. The number of ether oxygens (including phenoxy) is 1. The lowest BCUT2D eigenvalue weighted by Crippen LogP contribution is -2.17. The molecule has 90 valence electrons. The molecule has 1 atom stereocenters. The molecule has 1 aliphatic heterocycles. The fourth-order valence-electron chi connectivity index (χ4n) is 2.08. The first kappa shape index (κ1) is 10.3. The second-order valence-electron chi connectivity index (χ2n) is 4.05. The molecule has 1 fully saturated rings. The van der Waals surface area contributed by atoms with Gasteiger partial charge in [0.25, 0.3) is 0 Å². The van der Waals surface area contributed by atoms with Crippen LogP contribution in [-0.4, -0.2) is 31.2 Å². The molecule has 0 bridgehead atoms. The van der Waals surface area contributed by atoms with Crippen molar-refractivity contribution in [2.45, 2.75) is 25.5 Å². The van der Waals surface area contributed by atoms with Crippen LogP contribution >= 0.6 is 0 Å². The summed E-state index contributed by atoms with van der Waals surface area (Å²) in [4.78, 5) is 11.8. The van der Waals surface area contributed by atoms with Crippen molar-refractivity contribution in [3.63, 3.8) is 0 Å². The van der Waals surface area contributed by atoms with Gasteiger partial charge in [0.1, 0.15) is 6.23 Å². The Kier molecular flexibility index (Phi) is 2.32. The molecule has 7 heteroatoms. The van der Waals surface area contributed by atoms with Crippen LogP contribution in [0.2, 0.25) is 0 Å². The Morgan fingerprint density at radius 3 is 3.06 bits per heavy atom. The van der Waals surface area contributed by atoms with Crippen LogP contribution in [0.1, 0.15) is 25.5 Å². The number of aromatic hydroxyl groups is 1. The van der Waals surface area contributed by atoms with Gasteiger partial charge in [0, 0.05) is 6.61 Å². The summed E-state index contributed by atoms with van der Waals surface area (Å²) >= 11 is 0. The van der Waals surface area contributed by atoms with Crippen LogP contribution < -0.4 is 5.73 Å². The monoisotopic (exact) mass is 235 g/mol. The fourth-order valence-corrected chi connectivity index (χ4v) is 2.08. The molecule has 1 saturated heterocycles. The number of aromatic nitrogens is 4. The number of fused-ring (bicyclic) bond motifs is 1. The lowest BCUT2D eigenvalue weighted by Gasteiger charge is -2.23. The van der Waals surface area contributed by atoms with E-state index in [0.717, 1.165) is 25.9 Å². The number of hydrogen-bond acceptors (Lipinski definition) is 6. The summed E-state index contributed by atoms with van der Waals surface area (Å²) in [5.41, 5.74) is 6.69. The second kappa shape index (κ2) is 3.85. The first-order valence-electron chi connectivity index (χ1n) is 5.56. The van der Waals surface area contributed by atoms with E-state index >= 15 is 0 Å². The molecule has 0 radical (unpaired) electrons. The van der Waals surface area contributed by atoms with Crippen molar-refractivity contribution < 1.29 is 9.84 Å². The van der Waals surface area contributed by atoms with E-state index in [4.69, 9.17) is 10.5 Å². The number of hydrogen-bond donors (Lipinski definition) is 2. The molecule has 17 heavy (non-hydrogen) atoms. The molecule has 1 unspecified atom stereocenters. The van der Waals surface area contributed by atoms with E-state index in [1.54, 1.807) is 10.9 Å². The van der Waals surface area contributed by atoms with Gasteiger partial charge in [-0.05, 0) is 19.3 Å². The van der Waals surface area contributed by atoms with Crippen molar-refractivity contribution in [2.24, 2.45) is 0 Å². The summed E-state index contributed by atoms with van der Waals surface area (Å²) in [5.74, 6) is 0.182. The van der Waals surface area contributed by atoms with Crippen LogP contribution in [0, 0.1) is 0 Å². The molecule has 2 aromatic rings. The highest BCUT2D eigenvalue weighted by Gasteiger charge is 2.20. The summed E-state index contributed by atoms with van der Waals surface area (Å²) in [7, 11) is 0. The van der Waals surface area contributed by atoms with Crippen LogP contribution in [-0.2, 0) is 4.74 Å². The van der Waals surface area contributed by atoms with Gasteiger partial charge in [-0.3, -0.25) is 4.57 Å². The lowest BCUT2D eigenvalue weighted by molar-refractivity contribution is -0.0298. The van der Waals surface area contributed by atoms with E-state index < -0.39 is 0 Å². The highest BCUT2D eigenvalue weighted by atomic mass is 16.5. The molecular formula is C10H13N5O2. The predicted octanol–water partition coefficient (Wildman–Crippen LogP) is 0.813. The Balaban J connectivity index is 2.10. The first-order valence-corrected chi connectivity index (χ1v) is 5.56. The summed E-state index contributed by atoms with van der Waals surface area (Å²) in [6.45, 7) is 0.733. The minimum atomic E-state index is -0.340. The first-order chi connectivity index (χ1) is 8.25. The van der Waals surface area contributed by atoms with Gasteiger partial charge in [0.2, 0.25) is 0 Å². The number of nitrogen functional groups attached to an aromatic ring is 1. The molecule has 2 aromatic heterocycles. The quantitative estimate of drug-likeness (QED) is 0.759. The van der Waals surface area contributed by atoms with Gasteiger partial charge in [-0.2, -0.15) is 9.97 Å². The van der Waals surface area contributed by atoms with E-state index in [1.165, 1.54) is 0 Å². The third kappa shape index (κ3) is 1.68. The van der Waals surface area contributed by atoms with Crippen LogP contribution in [0.15, 0.2) is 6.33 Å². The minimum absolute atomic E-state index is 0.0811. The van der Waals surface area contributed by atoms with Crippen molar-refractivity contribution in [3.05, 3.63) is 6.33 Å². The molecule has 1 aliphatic rings. The Morgan fingerprint density at radius 2 is 2.29 bits per heavy atom. The minimum Gasteiger partial charge on any atom is -0.479 e. The van der Waals surface area contributed by atoms with Gasteiger partial charge in [-0.15, -0.1) is 0 Å². The van der Waals surface area contributed by atoms with E-state index in [2.05, 4.69) is 15.0 Å². The SMILES string of the molecule is Nc1nc(O)nc2c1ncn2C1CCCCO1. The van der Waals surface area contributed by atoms with Crippen molar-refractivity contribution in [1.29, 1.82) is 0 Å². The number of nitrogens with zero attached hydrogens (tertiary/aromatic N) is 4. The van der Waals surface area contributed by atoms with Crippen LogP contribution in [0.5, 0.6) is 6.01 Å². The zero-order chi connectivity index (χ0) is 11.8. The van der Waals surface area contributed by atoms with Crippen LogP contribution in [0.4, 0.5) is 5.82 Å². The molecule has 3 N–H and O–H groups in total. The maximum atomic E-state index is 9.37. The van der Waals surface area contributed by atoms with Gasteiger partial charge in [-0.1, -0.05) is 0 Å². The Morgan fingerprint density at radius 1 is 1.41 bits per heavy atom. The maximum absolute atomic E-state index is 9.37. The van der Waals surface area contributed by atoms with Crippen LogP contribution in [0.3, 0.4) is 0 Å². The molecular weight excluding hydrogens is 222 g/mol. The van der Waals surface area contributed by atoms with Crippen LogP contribution in [0.25, 0.3) is 11.2 Å². The van der Waals surface area contributed by atoms with E-state index in [9.17, 15) is 5.11 Å². The van der Waals surface area contributed by atoms with E-state index in [0.29, 0.717) is 11.2 Å². The average molecular weight is 235 g/mol. The van der Waals surface area contributed by atoms with Gasteiger partial charge >= 0.3 is 6.01 Å². The Hall–Kier alpha value is -1.89. The third-order valence-corrected chi connectivity index (χ3v) is 2.90. The molecule has 7 nitrogen and oxygen atoms in total. The topological polar surface area (TPSA) is 99.1 Å². The standard InChI is InChI=1S/C10H13N5O2/c11-8-7-9(14-10(16)13-8)15(5-12-7)6-3-1-2-4-17-6/h5-6H,1-4H2,(H3,11,13,14,16). The van der Waals surface area contributed by atoms with E-state index in [1.807, 2.05) is 0 Å². The Bertz CT molecular complexity index is 547. The zero-order valence-electron chi connectivity index (χ0n) is 9.20. The molecule has 0 aliphatic carbocycles. The van der Waals surface area contributed by atoms with Crippen molar-refractivity contribution in [1.82, 2.24) is 19.5 Å². The molecule has 3 heterocycles. The molecule has 0 aromatic carbocycles. The van der Waals surface area contributed by atoms with E-state index in [-0.39, 0.29) is 18.1 Å². The van der Waals surface area contributed by atoms with Gasteiger partial charge in [-0.25, -0.2) is 4.98 Å². The number of imidazole rings is 1. The van der Waals surface area contributed by atoms with Crippen molar-refractivity contribution >= 4 is 17.0 Å². The lowest BCUT2D eigenvalue weighted by atomic mass is 10.2. The predicted molar refractivity (Wildman–Crippen MR) is 60.2 cm³/mol. The van der Waals surface area contributed by atoms with Crippen molar-refractivity contribution in [3.8, 4) is 6.01 Å². The summed E-state index contributed by atoms with van der Waals surface area (Å²) < 4.78 is 7.45. The van der Waals surface area contributed by atoms with Gasteiger partial charge < -0.3 is 15.6 Å². The van der Waals surface area contributed by atoms with Crippen molar-refractivity contribution in [2.75, 3.05) is 12.3 Å². The normalized spacial score (nSPS) is 20.8. The molecule has 0 saturated carbocycles. The highest BCUT2D eigenvalue weighted by Crippen LogP contribution is 2.27. The zero-order valence-corrected chi connectivity index (χ0v) is 9.20. The Labute approximate surface area is 97.3 Å².